The van der Waals surface area contributed by atoms with E-state index in [0.29, 0.717) is 11.7 Å². The molecule has 2 rings (SSSR count). The highest BCUT2D eigenvalue weighted by Gasteiger charge is 2.23. The highest BCUT2D eigenvalue weighted by Crippen LogP contribution is 2.24. The molecule has 2 nitrogen and oxygen atoms in total. The Hall–Kier alpha value is -1.31. The normalized spacial score (nSPS) is 20.6. The molecule has 0 radical (unpaired) electrons. The van der Waals surface area contributed by atoms with Crippen LogP contribution < -0.4 is 4.90 Å². The molecule has 2 heteroatoms. The number of hydrogen-bond donors (Lipinski definition) is 0. The van der Waals surface area contributed by atoms with Gasteiger partial charge in [0, 0.05) is 32.1 Å². The first-order chi connectivity index (χ1) is 7.25. The second-order valence-corrected chi connectivity index (χ2v) is 4.36. The van der Waals surface area contributed by atoms with E-state index in [1.54, 1.807) is 0 Å². The number of nitrogens with zero attached hydrogens (tertiary/aromatic N) is 1. The van der Waals surface area contributed by atoms with E-state index in [0.717, 1.165) is 25.8 Å². The molecule has 15 heavy (non-hydrogen) atoms. The molecule has 1 saturated carbocycles. The predicted octanol–water partition coefficient (Wildman–Crippen LogP) is 2.49. The van der Waals surface area contributed by atoms with E-state index in [1.165, 1.54) is 5.69 Å². The molecule has 1 unspecified atom stereocenters. The summed E-state index contributed by atoms with van der Waals surface area (Å²) in [5, 5.41) is 0. The van der Waals surface area contributed by atoms with Gasteiger partial charge in [-0.2, -0.15) is 0 Å². The standard InChI is InChI=1S/C13H17NO/c1-14(12-5-3-2-4-6-12)10-11-7-8-13(15)9-11/h2-6,11H,7-10H2,1H3. The molecule has 1 aliphatic rings. The largest absolute Gasteiger partial charge is 0.374 e. The maximum Gasteiger partial charge on any atom is 0.133 e. The van der Waals surface area contributed by atoms with Crippen LogP contribution in [0.3, 0.4) is 0 Å². The smallest absolute Gasteiger partial charge is 0.133 e. The fourth-order valence-corrected chi connectivity index (χ4v) is 2.22. The van der Waals surface area contributed by atoms with Gasteiger partial charge in [0.1, 0.15) is 5.78 Å². The average molecular weight is 203 g/mol. The van der Waals surface area contributed by atoms with E-state index in [1.807, 2.05) is 18.2 Å². The summed E-state index contributed by atoms with van der Waals surface area (Å²) in [6.07, 6.45) is 2.63. The molecule has 80 valence electrons. The Balaban J connectivity index is 1.92. The number of para-hydroxylation sites is 1. The Morgan fingerprint density at radius 3 is 2.67 bits per heavy atom. The molecule has 1 aromatic carbocycles. The van der Waals surface area contributed by atoms with Crippen molar-refractivity contribution in [1.29, 1.82) is 0 Å². The van der Waals surface area contributed by atoms with Crippen LogP contribution in [0.5, 0.6) is 0 Å². The summed E-state index contributed by atoms with van der Waals surface area (Å²) in [4.78, 5) is 13.4. The lowest BCUT2D eigenvalue weighted by molar-refractivity contribution is -0.117. The second kappa shape index (κ2) is 4.47. The van der Waals surface area contributed by atoms with E-state index in [2.05, 4.69) is 24.1 Å². The zero-order valence-electron chi connectivity index (χ0n) is 9.15. The highest BCUT2D eigenvalue weighted by molar-refractivity contribution is 5.80. The van der Waals surface area contributed by atoms with Crippen molar-refractivity contribution in [3.63, 3.8) is 0 Å². The van der Waals surface area contributed by atoms with Gasteiger partial charge in [-0.1, -0.05) is 18.2 Å². The van der Waals surface area contributed by atoms with Gasteiger partial charge in [0.2, 0.25) is 0 Å². The summed E-state index contributed by atoms with van der Waals surface area (Å²) < 4.78 is 0. The monoisotopic (exact) mass is 203 g/mol. The molecular weight excluding hydrogens is 186 g/mol. The zero-order valence-corrected chi connectivity index (χ0v) is 9.15. The Morgan fingerprint density at radius 1 is 1.33 bits per heavy atom. The lowest BCUT2D eigenvalue weighted by atomic mass is 10.1. The topological polar surface area (TPSA) is 20.3 Å². The van der Waals surface area contributed by atoms with Gasteiger partial charge < -0.3 is 4.90 Å². The van der Waals surface area contributed by atoms with E-state index in [9.17, 15) is 4.79 Å². The van der Waals surface area contributed by atoms with Crippen LogP contribution in [0, 0.1) is 5.92 Å². The maximum atomic E-state index is 11.2. The number of Topliss-reactive ketones (excluding diaryl/α,β-unsaturated/α-hetero) is 1. The van der Waals surface area contributed by atoms with Gasteiger partial charge >= 0.3 is 0 Å². The molecule has 0 saturated heterocycles. The van der Waals surface area contributed by atoms with Crippen LogP contribution in [0.4, 0.5) is 5.69 Å². The molecule has 0 N–H and O–H groups in total. The molecule has 1 aromatic rings. The molecule has 0 amide bonds. The van der Waals surface area contributed by atoms with Gasteiger partial charge in [-0.3, -0.25) is 4.79 Å². The van der Waals surface area contributed by atoms with Crippen LogP contribution in [0.25, 0.3) is 0 Å². The van der Waals surface area contributed by atoms with Crippen molar-refractivity contribution in [2.75, 3.05) is 18.5 Å². The van der Waals surface area contributed by atoms with Gasteiger partial charge in [0.25, 0.3) is 0 Å². The third-order valence-corrected chi connectivity index (χ3v) is 3.08. The quantitative estimate of drug-likeness (QED) is 0.752. The lowest BCUT2D eigenvalue weighted by Gasteiger charge is -2.22. The number of rotatable bonds is 3. The Bertz CT molecular complexity index is 334. The number of hydrogen-bond acceptors (Lipinski definition) is 2. The summed E-state index contributed by atoms with van der Waals surface area (Å²) in [5.41, 5.74) is 1.23. The summed E-state index contributed by atoms with van der Waals surface area (Å²) in [7, 11) is 2.10. The molecule has 0 aliphatic heterocycles. The van der Waals surface area contributed by atoms with Crippen LogP contribution >= 0.6 is 0 Å². The fourth-order valence-electron chi connectivity index (χ4n) is 2.22. The molecule has 0 bridgehead atoms. The van der Waals surface area contributed by atoms with Crippen LogP contribution in [0.1, 0.15) is 19.3 Å². The zero-order chi connectivity index (χ0) is 10.7. The van der Waals surface area contributed by atoms with Gasteiger partial charge in [0.05, 0.1) is 0 Å². The minimum absolute atomic E-state index is 0.432. The first-order valence-corrected chi connectivity index (χ1v) is 5.53. The summed E-state index contributed by atoms with van der Waals surface area (Å²) in [6, 6.07) is 10.3. The van der Waals surface area contributed by atoms with Crippen molar-refractivity contribution in [3.8, 4) is 0 Å². The van der Waals surface area contributed by atoms with Gasteiger partial charge in [-0.25, -0.2) is 0 Å². The SMILES string of the molecule is CN(CC1CCC(=O)C1)c1ccccc1. The van der Waals surface area contributed by atoms with E-state index < -0.39 is 0 Å². The van der Waals surface area contributed by atoms with E-state index in [4.69, 9.17) is 0 Å². The third-order valence-electron chi connectivity index (χ3n) is 3.08. The Kier molecular flexibility index (Phi) is 3.05. The van der Waals surface area contributed by atoms with Crippen LogP contribution in [-0.2, 0) is 4.79 Å². The Labute approximate surface area is 90.9 Å². The van der Waals surface area contributed by atoms with Crippen LogP contribution in [0.15, 0.2) is 30.3 Å². The lowest BCUT2D eigenvalue weighted by Crippen LogP contribution is -2.24. The molecular formula is C13H17NO. The summed E-state index contributed by atoms with van der Waals surface area (Å²) in [6.45, 7) is 0.996. The van der Waals surface area contributed by atoms with Crippen molar-refractivity contribution in [1.82, 2.24) is 0 Å². The molecule has 0 heterocycles. The number of carbonyl (C=O) groups excluding carboxylic acids is 1. The summed E-state index contributed by atoms with van der Waals surface area (Å²) >= 11 is 0. The molecule has 0 spiro atoms. The maximum absolute atomic E-state index is 11.2. The van der Waals surface area contributed by atoms with Gasteiger partial charge in [0.15, 0.2) is 0 Å². The first-order valence-electron chi connectivity index (χ1n) is 5.53. The number of anilines is 1. The second-order valence-electron chi connectivity index (χ2n) is 4.36. The fraction of sp³-hybridized carbons (Fsp3) is 0.462. The number of benzene rings is 1. The van der Waals surface area contributed by atoms with Gasteiger partial charge in [-0.15, -0.1) is 0 Å². The first kappa shape index (κ1) is 10.2. The third kappa shape index (κ3) is 2.58. The van der Waals surface area contributed by atoms with Crippen molar-refractivity contribution < 1.29 is 4.79 Å². The van der Waals surface area contributed by atoms with Crippen molar-refractivity contribution in [2.24, 2.45) is 5.92 Å². The van der Waals surface area contributed by atoms with Crippen molar-refractivity contribution >= 4 is 11.5 Å². The van der Waals surface area contributed by atoms with Crippen LogP contribution in [0.2, 0.25) is 0 Å². The van der Waals surface area contributed by atoms with Crippen molar-refractivity contribution in [3.05, 3.63) is 30.3 Å². The molecule has 0 aromatic heterocycles. The van der Waals surface area contributed by atoms with Crippen molar-refractivity contribution in [2.45, 2.75) is 19.3 Å². The Morgan fingerprint density at radius 2 is 2.07 bits per heavy atom. The summed E-state index contributed by atoms with van der Waals surface area (Å²) in [5.74, 6) is 0.990. The predicted molar refractivity (Wildman–Crippen MR) is 62.1 cm³/mol. The minimum atomic E-state index is 0.432. The van der Waals surface area contributed by atoms with E-state index >= 15 is 0 Å². The van der Waals surface area contributed by atoms with Crippen LogP contribution in [-0.4, -0.2) is 19.4 Å². The molecule has 1 atom stereocenters. The minimum Gasteiger partial charge on any atom is -0.374 e. The average Bonchev–Trinajstić information content (AvgIpc) is 2.65. The number of ketones is 1. The molecule has 1 fully saturated rings. The van der Waals surface area contributed by atoms with Gasteiger partial charge in [-0.05, 0) is 24.5 Å². The number of carbonyl (C=O) groups is 1. The highest BCUT2D eigenvalue weighted by atomic mass is 16.1. The molecule has 1 aliphatic carbocycles. The van der Waals surface area contributed by atoms with E-state index in [-0.39, 0.29) is 0 Å².